The number of anilines is 1. The molecule has 3 aromatic rings. The fraction of sp³-hybridized carbons (Fsp3) is 0.217. The fourth-order valence-electron chi connectivity index (χ4n) is 4.18. The van der Waals surface area contributed by atoms with E-state index in [0.29, 0.717) is 10.7 Å². The molecule has 3 amide bonds. The van der Waals surface area contributed by atoms with E-state index in [-0.39, 0.29) is 29.1 Å². The van der Waals surface area contributed by atoms with Gasteiger partial charge in [-0.3, -0.25) is 29.1 Å². The maximum Gasteiger partial charge on any atom is 0.308 e. The Morgan fingerprint density at radius 3 is 2.47 bits per heavy atom. The van der Waals surface area contributed by atoms with Crippen LogP contribution in [0.15, 0.2) is 64.4 Å². The standard InChI is InChI=1S/C23H19N3O4S2/c1-12-7-9-14(10-8-12)24-15(27)11-26-22-19(32-23(26)30)16(13-5-3-2-4-6-13)17-18(31-22)21(29)25-20(17)28/h2-10,16-18H,11H2,1H3,(H,24,27)(H,25,28,29). The maximum atomic E-state index is 12.9. The van der Waals surface area contributed by atoms with Crippen molar-refractivity contribution in [3.8, 4) is 0 Å². The molecule has 1 saturated heterocycles. The predicted molar refractivity (Wildman–Crippen MR) is 123 cm³/mol. The number of hydrogen-bond donors (Lipinski definition) is 2. The van der Waals surface area contributed by atoms with Crippen LogP contribution >= 0.6 is 23.1 Å². The summed E-state index contributed by atoms with van der Waals surface area (Å²) < 4.78 is 1.41. The number of aryl methyl sites for hydroxylation is 1. The lowest BCUT2D eigenvalue weighted by Crippen LogP contribution is -2.32. The van der Waals surface area contributed by atoms with Gasteiger partial charge in [-0.1, -0.05) is 71.1 Å². The Bertz CT molecular complexity index is 1280. The highest BCUT2D eigenvalue weighted by atomic mass is 32.2. The van der Waals surface area contributed by atoms with Crippen molar-refractivity contribution in [1.82, 2.24) is 9.88 Å². The van der Waals surface area contributed by atoms with E-state index in [1.54, 1.807) is 12.1 Å². The van der Waals surface area contributed by atoms with E-state index >= 15 is 0 Å². The molecule has 1 fully saturated rings. The number of fused-ring (bicyclic) bond motifs is 2. The summed E-state index contributed by atoms with van der Waals surface area (Å²) >= 11 is 2.23. The lowest BCUT2D eigenvalue weighted by molar-refractivity contribution is -0.126. The second-order valence-electron chi connectivity index (χ2n) is 7.84. The minimum absolute atomic E-state index is 0.167. The van der Waals surface area contributed by atoms with E-state index in [1.807, 2.05) is 49.4 Å². The molecule has 0 aliphatic carbocycles. The molecule has 1 aromatic heterocycles. The lowest BCUT2D eigenvalue weighted by Gasteiger charge is -2.30. The fourth-order valence-corrected chi connectivity index (χ4v) is 6.92. The summed E-state index contributed by atoms with van der Waals surface area (Å²) in [7, 11) is 0. The molecule has 2 aliphatic rings. The Morgan fingerprint density at radius 2 is 1.75 bits per heavy atom. The molecule has 9 heteroatoms. The summed E-state index contributed by atoms with van der Waals surface area (Å²) in [5, 5.41) is 5.19. The van der Waals surface area contributed by atoms with Crippen LogP contribution in [-0.2, 0) is 20.9 Å². The molecule has 32 heavy (non-hydrogen) atoms. The number of carbonyl (C=O) groups excluding carboxylic acids is 3. The Labute approximate surface area is 191 Å². The van der Waals surface area contributed by atoms with Gasteiger partial charge >= 0.3 is 4.87 Å². The first kappa shape index (κ1) is 20.7. The van der Waals surface area contributed by atoms with Crippen molar-refractivity contribution in [1.29, 1.82) is 0 Å². The molecule has 0 radical (unpaired) electrons. The molecule has 0 bridgehead atoms. The summed E-state index contributed by atoms with van der Waals surface area (Å²) in [5.74, 6) is -2.01. The van der Waals surface area contributed by atoms with Crippen molar-refractivity contribution in [2.75, 3.05) is 5.32 Å². The highest BCUT2D eigenvalue weighted by molar-refractivity contribution is 8.00. The van der Waals surface area contributed by atoms with Gasteiger partial charge in [-0.2, -0.15) is 0 Å². The third-order valence-corrected chi connectivity index (χ3v) is 8.30. The highest BCUT2D eigenvalue weighted by Gasteiger charge is 2.52. The summed E-state index contributed by atoms with van der Waals surface area (Å²) in [5.41, 5.74) is 2.59. The van der Waals surface area contributed by atoms with Crippen LogP contribution in [0.5, 0.6) is 0 Å². The number of thiazole rings is 1. The van der Waals surface area contributed by atoms with Gasteiger partial charge in [0, 0.05) is 16.5 Å². The predicted octanol–water partition coefficient (Wildman–Crippen LogP) is 2.74. The van der Waals surface area contributed by atoms with Crippen molar-refractivity contribution in [2.24, 2.45) is 5.92 Å². The third kappa shape index (κ3) is 3.57. The van der Waals surface area contributed by atoms with Crippen LogP contribution in [-0.4, -0.2) is 27.5 Å². The van der Waals surface area contributed by atoms with Gasteiger partial charge in [0.15, 0.2) is 0 Å². The van der Waals surface area contributed by atoms with Crippen LogP contribution in [0.25, 0.3) is 0 Å². The van der Waals surface area contributed by atoms with Crippen molar-refractivity contribution < 1.29 is 14.4 Å². The molecular formula is C23H19N3O4S2. The first-order valence-electron chi connectivity index (χ1n) is 10.1. The maximum absolute atomic E-state index is 12.9. The first-order chi connectivity index (χ1) is 15.4. The molecule has 2 aliphatic heterocycles. The minimum atomic E-state index is -0.638. The van der Waals surface area contributed by atoms with Gasteiger partial charge in [-0.05, 0) is 24.6 Å². The number of imide groups is 1. The summed E-state index contributed by atoms with van der Waals surface area (Å²) in [6.45, 7) is 1.79. The van der Waals surface area contributed by atoms with E-state index in [9.17, 15) is 19.2 Å². The van der Waals surface area contributed by atoms with Gasteiger partial charge in [0.1, 0.15) is 11.8 Å². The number of nitrogens with one attached hydrogen (secondary N) is 2. The lowest BCUT2D eigenvalue weighted by atomic mass is 9.83. The van der Waals surface area contributed by atoms with E-state index in [0.717, 1.165) is 27.3 Å². The Kier molecular flexibility index (Phi) is 5.22. The summed E-state index contributed by atoms with van der Waals surface area (Å²) in [4.78, 5) is 51.1. The average molecular weight is 466 g/mol. The number of rotatable bonds is 4. The van der Waals surface area contributed by atoms with Crippen LogP contribution in [0.2, 0.25) is 0 Å². The molecule has 3 heterocycles. The van der Waals surface area contributed by atoms with E-state index in [1.165, 1.54) is 16.3 Å². The van der Waals surface area contributed by atoms with Gasteiger partial charge in [0.25, 0.3) is 0 Å². The van der Waals surface area contributed by atoms with Gasteiger partial charge < -0.3 is 5.32 Å². The molecule has 3 unspecified atom stereocenters. The summed E-state index contributed by atoms with van der Waals surface area (Å²) in [6, 6.07) is 16.8. The number of benzene rings is 2. The van der Waals surface area contributed by atoms with Crippen LogP contribution in [0, 0.1) is 12.8 Å². The second kappa shape index (κ2) is 8.07. The zero-order valence-electron chi connectivity index (χ0n) is 17.0. The Hall–Kier alpha value is -3.17. The van der Waals surface area contributed by atoms with Crippen molar-refractivity contribution in [3.05, 3.63) is 80.3 Å². The molecule has 7 nitrogen and oxygen atoms in total. The van der Waals surface area contributed by atoms with Crippen LogP contribution < -0.4 is 15.5 Å². The van der Waals surface area contributed by atoms with E-state index in [4.69, 9.17) is 0 Å². The van der Waals surface area contributed by atoms with Crippen LogP contribution in [0.4, 0.5) is 5.69 Å². The average Bonchev–Trinajstić information content (AvgIpc) is 3.24. The molecule has 5 rings (SSSR count). The molecule has 2 N–H and O–H groups in total. The monoisotopic (exact) mass is 465 g/mol. The van der Waals surface area contributed by atoms with E-state index in [2.05, 4.69) is 10.6 Å². The number of carbonyl (C=O) groups is 3. The first-order valence-corrected chi connectivity index (χ1v) is 11.8. The van der Waals surface area contributed by atoms with Gasteiger partial charge in [0.05, 0.1) is 10.9 Å². The van der Waals surface area contributed by atoms with Crippen LogP contribution in [0.3, 0.4) is 0 Å². The number of aromatic nitrogens is 1. The number of amides is 3. The molecule has 162 valence electrons. The zero-order chi connectivity index (χ0) is 22.4. The number of nitrogens with zero attached hydrogens (tertiary/aromatic N) is 1. The Balaban J connectivity index is 1.52. The third-order valence-electron chi connectivity index (χ3n) is 5.68. The molecule has 2 aromatic carbocycles. The summed E-state index contributed by atoms with van der Waals surface area (Å²) in [6.07, 6.45) is 0. The van der Waals surface area contributed by atoms with E-state index < -0.39 is 17.1 Å². The van der Waals surface area contributed by atoms with Gasteiger partial charge in [-0.25, -0.2) is 0 Å². The van der Waals surface area contributed by atoms with Crippen molar-refractivity contribution in [2.45, 2.75) is 29.7 Å². The van der Waals surface area contributed by atoms with Crippen LogP contribution in [0.1, 0.15) is 21.9 Å². The minimum Gasteiger partial charge on any atom is -0.325 e. The SMILES string of the molecule is Cc1ccc(NC(=O)Cn2c3c(sc2=O)C(c2ccccc2)C2C(=O)NC(=O)C2S3)cc1. The number of thioether (sulfide) groups is 1. The topological polar surface area (TPSA) is 97.3 Å². The smallest absolute Gasteiger partial charge is 0.308 e. The zero-order valence-corrected chi connectivity index (χ0v) is 18.7. The molecule has 0 spiro atoms. The highest BCUT2D eigenvalue weighted by Crippen LogP contribution is 2.51. The van der Waals surface area contributed by atoms with Crippen molar-refractivity contribution in [3.63, 3.8) is 0 Å². The second-order valence-corrected chi connectivity index (χ2v) is 9.97. The molecular weight excluding hydrogens is 446 g/mol. The van der Waals surface area contributed by atoms with Gasteiger partial charge in [-0.15, -0.1) is 0 Å². The van der Waals surface area contributed by atoms with Gasteiger partial charge in [0.2, 0.25) is 17.7 Å². The molecule has 0 saturated carbocycles. The quantitative estimate of drug-likeness (QED) is 0.578. The number of hydrogen-bond acceptors (Lipinski definition) is 6. The Morgan fingerprint density at radius 1 is 1.03 bits per heavy atom. The largest absolute Gasteiger partial charge is 0.325 e. The molecule has 3 atom stereocenters. The van der Waals surface area contributed by atoms with Crippen molar-refractivity contribution >= 4 is 46.5 Å². The normalized spacial score (nSPS) is 21.6.